The number of rotatable bonds is 4. The van der Waals surface area contributed by atoms with Gasteiger partial charge in [0.15, 0.2) is 5.03 Å². The van der Waals surface area contributed by atoms with Crippen LogP contribution in [0.4, 0.5) is 4.39 Å². The Hall–Kier alpha value is -3.25. The molecular weight excluding hydrogens is 401 g/mol. The van der Waals surface area contributed by atoms with E-state index in [0.29, 0.717) is 16.7 Å². The summed E-state index contributed by atoms with van der Waals surface area (Å²) in [5.74, 6) is 0.211. The van der Waals surface area contributed by atoms with Gasteiger partial charge in [0, 0.05) is 11.5 Å². The first-order chi connectivity index (χ1) is 14.3. The molecule has 0 fully saturated rings. The summed E-state index contributed by atoms with van der Waals surface area (Å²) in [7, 11) is -2.31. The third kappa shape index (κ3) is 3.55. The molecule has 0 N–H and O–H groups in total. The summed E-state index contributed by atoms with van der Waals surface area (Å²) >= 11 is 0. The highest BCUT2D eigenvalue weighted by atomic mass is 32.2. The second kappa shape index (κ2) is 7.54. The lowest BCUT2D eigenvalue weighted by Gasteiger charge is -2.12. The highest BCUT2D eigenvalue weighted by Crippen LogP contribution is 2.33. The van der Waals surface area contributed by atoms with Gasteiger partial charge in [0.1, 0.15) is 11.6 Å². The number of halogens is 1. The molecule has 4 rings (SSSR count). The minimum Gasteiger partial charge on any atom is -0.497 e. The lowest BCUT2D eigenvalue weighted by atomic mass is 10.0. The van der Waals surface area contributed by atoms with Gasteiger partial charge in [0.25, 0.3) is 0 Å². The molecule has 4 nitrogen and oxygen atoms in total. The maximum atomic E-state index is 13.9. The van der Waals surface area contributed by atoms with Crippen LogP contribution in [0.2, 0.25) is 0 Å². The summed E-state index contributed by atoms with van der Waals surface area (Å²) in [6, 6.07) is 18.0. The van der Waals surface area contributed by atoms with Gasteiger partial charge in [-0.2, -0.15) is 0 Å². The van der Waals surface area contributed by atoms with Crippen LogP contribution in [0.3, 0.4) is 0 Å². The Labute approximate surface area is 174 Å². The predicted molar refractivity (Wildman–Crippen MR) is 115 cm³/mol. The number of aromatic nitrogens is 1. The molecular formula is C24H20FNO3S. The fourth-order valence-corrected chi connectivity index (χ4v) is 4.64. The highest BCUT2D eigenvalue weighted by molar-refractivity contribution is 7.91. The summed E-state index contributed by atoms with van der Waals surface area (Å²) in [5, 5.41) is 0.551. The first kappa shape index (κ1) is 20.0. The lowest BCUT2D eigenvalue weighted by molar-refractivity contribution is 0.415. The van der Waals surface area contributed by atoms with Gasteiger partial charge in [-0.05, 0) is 78.6 Å². The van der Waals surface area contributed by atoms with Crippen molar-refractivity contribution in [2.24, 2.45) is 0 Å². The maximum Gasteiger partial charge on any atom is 0.223 e. The molecule has 0 saturated carbocycles. The molecule has 30 heavy (non-hydrogen) atoms. The number of sulfone groups is 1. The van der Waals surface area contributed by atoms with E-state index in [-0.39, 0.29) is 15.4 Å². The van der Waals surface area contributed by atoms with Gasteiger partial charge in [0.05, 0.1) is 17.5 Å². The average molecular weight is 421 g/mol. The van der Waals surface area contributed by atoms with E-state index in [2.05, 4.69) is 4.98 Å². The zero-order valence-corrected chi connectivity index (χ0v) is 17.6. The fourth-order valence-electron chi connectivity index (χ4n) is 3.33. The van der Waals surface area contributed by atoms with Gasteiger partial charge in [0.2, 0.25) is 9.84 Å². The van der Waals surface area contributed by atoms with Gasteiger partial charge < -0.3 is 4.74 Å². The molecule has 0 amide bonds. The SMILES string of the molecule is COc1ccc(-c2cc(S(=O)(=O)c3ccc(C)c(C)c3)nc3cc(F)ccc23)cc1. The van der Waals surface area contributed by atoms with Gasteiger partial charge in [-0.25, -0.2) is 17.8 Å². The summed E-state index contributed by atoms with van der Waals surface area (Å²) in [4.78, 5) is 4.47. The Bertz CT molecular complexity index is 1360. The fraction of sp³-hybridized carbons (Fsp3) is 0.125. The summed E-state index contributed by atoms with van der Waals surface area (Å²) in [5.41, 5.74) is 3.60. The maximum absolute atomic E-state index is 13.9. The number of fused-ring (bicyclic) bond motifs is 1. The molecule has 0 bridgehead atoms. The van der Waals surface area contributed by atoms with Gasteiger partial charge in [-0.15, -0.1) is 0 Å². The van der Waals surface area contributed by atoms with E-state index in [4.69, 9.17) is 4.74 Å². The number of aryl methyl sites for hydroxylation is 2. The monoisotopic (exact) mass is 421 g/mol. The third-order valence-electron chi connectivity index (χ3n) is 5.21. The summed E-state index contributed by atoms with van der Waals surface area (Å²) < 4.78 is 45.8. The van der Waals surface area contributed by atoms with Gasteiger partial charge >= 0.3 is 0 Å². The Morgan fingerprint density at radius 3 is 2.27 bits per heavy atom. The van der Waals surface area contributed by atoms with Crippen LogP contribution in [0.1, 0.15) is 11.1 Å². The van der Waals surface area contributed by atoms with E-state index in [1.54, 1.807) is 49.6 Å². The van der Waals surface area contributed by atoms with Crippen LogP contribution in [-0.2, 0) is 9.84 Å². The zero-order valence-electron chi connectivity index (χ0n) is 16.8. The molecule has 0 spiro atoms. The van der Waals surface area contributed by atoms with Crippen molar-refractivity contribution in [2.45, 2.75) is 23.8 Å². The second-order valence-corrected chi connectivity index (χ2v) is 9.04. The number of nitrogens with zero attached hydrogens (tertiary/aromatic N) is 1. The first-order valence-corrected chi connectivity index (χ1v) is 10.8. The molecule has 4 aromatic rings. The normalized spacial score (nSPS) is 11.6. The Kier molecular flexibility index (Phi) is 5.03. The molecule has 1 aromatic heterocycles. The first-order valence-electron chi connectivity index (χ1n) is 9.36. The second-order valence-electron chi connectivity index (χ2n) is 7.15. The van der Waals surface area contributed by atoms with Crippen LogP contribution < -0.4 is 4.74 Å². The third-order valence-corrected chi connectivity index (χ3v) is 6.85. The van der Waals surface area contributed by atoms with Crippen molar-refractivity contribution >= 4 is 20.7 Å². The molecule has 0 atom stereocenters. The van der Waals surface area contributed by atoms with Crippen LogP contribution in [0.25, 0.3) is 22.0 Å². The molecule has 0 aliphatic rings. The molecule has 6 heteroatoms. The number of ether oxygens (including phenoxy) is 1. The van der Waals surface area contributed by atoms with Crippen LogP contribution in [0.15, 0.2) is 76.7 Å². The summed E-state index contributed by atoms with van der Waals surface area (Å²) in [6.45, 7) is 3.78. The number of benzene rings is 3. The molecule has 152 valence electrons. The molecule has 3 aromatic carbocycles. The minimum atomic E-state index is -3.88. The van der Waals surface area contributed by atoms with Crippen LogP contribution in [-0.4, -0.2) is 20.5 Å². The number of methoxy groups -OCH3 is 1. The van der Waals surface area contributed by atoms with Crippen molar-refractivity contribution < 1.29 is 17.5 Å². The summed E-state index contributed by atoms with van der Waals surface area (Å²) in [6.07, 6.45) is 0. The largest absolute Gasteiger partial charge is 0.497 e. The lowest BCUT2D eigenvalue weighted by Crippen LogP contribution is -2.06. The smallest absolute Gasteiger partial charge is 0.223 e. The van der Waals surface area contributed by atoms with Gasteiger partial charge in [-0.3, -0.25) is 0 Å². The Morgan fingerprint density at radius 1 is 0.867 bits per heavy atom. The Morgan fingerprint density at radius 2 is 1.60 bits per heavy atom. The minimum absolute atomic E-state index is 0.116. The molecule has 1 heterocycles. The molecule has 0 radical (unpaired) electrons. The van der Waals surface area contributed by atoms with Crippen molar-refractivity contribution in [2.75, 3.05) is 7.11 Å². The van der Waals surface area contributed by atoms with Crippen LogP contribution in [0, 0.1) is 19.7 Å². The van der Waals surface area contributed by atoms with Crippen LogP contribution >= 0.6 is 0 Å². The van der Waals surface area contributed by atoms with E-state index in [9.17, 15) is 12.8 Å². The average Bonchev–Trinajstić information content (AvgIpc) is 2.74. The predicted octanol–water partition coefficient (Wildman–Crippen LogP) is 5.50. The van der Waals surface area contributed by atoms with E-state index < -0.39 is 15.7 Å². The molecule has 0 aliphatic heterocycles. The quantitative estimate of drug-likeness (QED) is 0.437. The number of hydrogen-bond donors (Lipinski definition) is 0. The van der Waals surface area contributed by atoms with Crippen molar-refractivity contribution in [3.63, 3.8) is 0 Å². The van der Waals surface area contributed by atoms with E-state index in [0.717, 1.165) is 16.7 Å². The molecule has 0 aliphatic carbocycles. The van der Waals surface area contributed by atoms with Crippen molar-refractivity contribution in [3.8, 4) is 16.9 Å². The molecule has 0 saturated heterocycles. The number of pyridine rings is 1. The Balaban J connectivity index is 1.97. The van der Waals surface area contributed by atoms with Crippen molar-refractivity contribution in [1.29, 1.82) is 0 Å². The van der Waals surface area contributed by atoms with Crippen molar-refractivity contribution in [3.05, 3.63) is 83.7 Å². The number of hydrogen-bond acceptors (Lipinski definition) is 4. The van der Waals surface area contributed by atoms with E-state index >= 15 is 0 Å². The molecule has 0 unspecified atom stereocenters. The zero-order chi connectivity index (χ0) is 21.5. The standard InChI is InChI=1S/C24H20FNO3S/c1-15-4-10-20(12-16(15)2)30(27,28)24-14-22(17-5-8-19(29-3)9-6-17)21-11-7-18(25)13-23(21)26-24/h4-14H,1-3H3. The van der Waals surface area contributed by atoms with Crippen molar-refractivity contribution in [1.82, 2.24) is 4.98 Å². The van der Waals surface area contributed by atoms with E-state index in [1.807, 2.05) is 26.0 Å². The van der Waals surface area contributed by atoms with Crippen LogP contribution in [0.5, 0.6) is 5.75 Å². The topological polar surface area (TPSA) is 56.3 Å². The highest BCUT2D eigenvalue weighted by Gasteiger charge is 2.22. The van der Waals surface area contributed by atoms with Gasteiger partial charge in [-0.1, -0.05) is 18.2 Å². The van der Waals surface area contributed by atoms with E-state index in [1.165, 1.54) is 12.1 Å².